The topological polar surface area (TPSA) is 17.1 Å². The Balaban J connectivity index is 4.73. The Hall–Kier alpha value is -1.11. The number of carbonyl (C=O) groups is 1. The summed E-state index contributed by atoms with van der Waals surface area (Å²) in [5, 5.41) is 0. The van der Waals surface area contributed by atoms with Gasteiger partial charge in [0.05, 0.1) is 0 Å². The van der Waals surface area contributed by atoms with Gasteiger partial charge in [0, 0.05) is 11.0 Å². The van der Waals surface area contributed by atoms with E-state index >= 15 is 0 Å². The van der Waals surface area contributed by atoms with Gasteiger partial charge in [-0.15, -0.1) is 0 Å². The minimum atomic E-state index is -0.312. The van der Waals surface area contributed by atoms with Crippen molar-refractivity contribution in [3.05, 3.63) is 36.5 Å². The van der Waals surface area contributed by atoms with Crippen molar-refractivity contribution in [2.24, 2.45) is 5.41 Å². The summed E-state index contributed by atoms with van der Waals surface area (Å²) in [4.78, 5) is 11.7. The first-order chi connectivity index (χ1) is 5.93. The van der Waals surface area contributed by atoms with Gasteiger partial charge in [-0.2, -0.15) is 0 Å². The Morgan fingerprint density at radius 1 is 1.31 bits per heavy atom. The fourth-order valence-corrected chi connectivity index (χ4v) is 0.908. The number of allylic oxidation sites excluding steroid dienone is 5. The number of hydrogen-bond donors (Lipinski definition) is 0. The molecule has 0 aromatic rings. The molecule has 0 unspecified atom stereocenters. The van der Waals surface area contributed by atoms with Crippen LogP contribution >= 0.6 is 0 Å². The zero-order valence-corrected chi connectivity index (χ0v) is 8.92. The van der Waals surface area contributed by atoms with Crippen LogP contribution < -0.4 is 0 Å². The molecule has 0 fully saturated rings. The highest BCUT2D eigenvalue weighted by Gasteiger charge is 2.22. The van der Waals surface area contributed by atoms with Crippen molar-refractivity contribution in [2.45, 2.75) is 27.7 Å². The summed E-state index contributed by atoms with van der Waals surface area (Å²) in [6.45, 7) is 11.2. The summed E-state index contributed by atoms with van der Waals surface area (Å²) in [5.74, 6) is 0.160. The monoisotopic (exact) mass is 178 g/mol. The van der Waals surface area contributed by atoms with E-state index in [1.54, 1.807) is 18.2 Å². The molecule has 0 amide bonds. The molecular weight excluding hydrogens is 160 g/mol. The molecule has 0 aliphatic heterocycles. The van der Waals surface area contributed by atoms with E-state index < -0.39 is 0 Å². The minimum Gasteiger partial charge on any atom is -0.294 e. The van der Waals surface area contributed by atoms with Crippen molar-refractivity contribution in [2.75, 3.05) is 0 Å². The standard InChI is InChI=1S/C12H18O/c1-6-8-9-10(7-2)11(13)12(3,4)5/h6-9H,1H2,2-5H3/b9-8-,10-7+. The molecule has 1 heteroatoms. The maximum absolute atomic E-state index is 11.7. The Kier molecular flexibility index (Phi) is 4.39. The molecule has 0 saturated carbocycles. The lowest BCUT2D eigenvalue weighted by Crippen LogP contribution is -2.21. The summed E-state index contributed by atoms with van der Waals surface area (Å²) in [6, 6.07) is 0. The number of rotatable bonds is 3. The van der Waals surface area contributed by atoms with Gasteiger partial charge in [-0.3, -0.25) is 4.79 Å². The van der Waals surface area contributed by atoms with Gasteiger partial charge in [-0.1, -0.05) is 51.7 Å². The van der Waals surface area contributed by atoms with Crippen LogP contribution in [0.5, 0.6) is 0 Å². The fourth-order valence-electron chi connectivity index (χ4n) is 0.908. The Bertz CT molecular complexity index is 249. The lowest BCUT2D eigenvalue weighted by atomic mass is 9.86. The van der Waals surface area contributed by atoms with Gasteiger partial charge in [0.2, 0.25) is 0 Å². The van der Waals surface area contributed by atoms with Crippen molar-refractivity contribution in [3.63, 3.8) is 0 Å². The Morgan fingerprint density at radius 2 is 1.85 bits per heavy atom. The molecule has 0 atom stereocenters. The summed E-state index contributed by atoms with van der Waals surface area (Å²) < 4.78 is 0. The lowest BCUT2D eigenvalue weighted by Gasteiger charge is -2.16. The van der Waals surface area contributed by atoms with E-state index in [1.165, 1.54) is 0 Å². The predicted octanol–water partition coefficient (Wildman–Crippen LogP) is 3.29. The van der Waals surface area contributed by atoms with Crippen LogP contribution in [0.15, 0.2) is 36.5 Å². The molecule has 0 aromatic heterocycles. The molecular formula is C12H18O. The van der Waals surface area contributed by atoms with E-state index in [9.17, 15) is 4.79 Å². The highest BCUT2D eigenvalue weighted by atomic mass is 16.1. The van der Waals surface area contributed by atoms with E-state index in [1.807, 2.05) is 33.8 Å². The third-order valence-corrected chi connectivity index (χ3v) is 1.67. The van der Waals surface area contributed by atoms with Gasteiger partial charge >= 0.3 is 0 Å². The summed E-state index contributed by atoms with van der Waals surface area (Å²) in [7, 11) is 0. The van der Waals surface area contributed by atoms with E-state index in [0.717, 1.165) is 5.57 Å². The van der Waals surface area contributed by atoms with Crippen LogP contribution in [0.25, 0.3) is 0 Å². The molecule has 72 valence electrons. The van der Waals surface area contributed by atoms with Crippen LogP contribution in [0.1, 0.15) is 27.7 Å². The van der Waals surface area contributed by atoms with Gasteiger partial charge in [0.1, 0.15) is 0 Å². The molecule has 0 N–H and O–H groups in total. The predicted molar refractivity (Wildman–Crippen MR) is 57.6 cm³/mol. The van der Waals surface area contributed by atoms with Crippen molar-refractivity contribution in [1.29, 1.82) is 0 Å². The zero-order valence-electron chi connectivity index (χ0n) is 8.92. The number of ketones is 1. The normalized spacial score (nSPS) is 13.4. The minimum absolute atomic E-state index is 0.160. The molecule has 0 radical (unpaired) electrons. The van der Waals surface area contributed by atoms with Gasteiger partial charge in [0.15, 0.2) is 5.78 Å². The smallest absolute Gasteiger partial charge is 0.167 e. The van der Waals surface area contributed by atoms with Crippen LogP contribution in [0.2, 0.25) is 0 Å². The van der Waals surface area contributed by atoms with Crippen molar-refractivity contribution in [1.82, 2.24) is 0 Å². The molecule has 1 nitrogen and oxygen atoms in total. The summed E-state index contributed by atoms with van der Waals surface area (Å²) in [5.41, 5.74) is 0.431. The van der Waals surface area contributed by atoms with Crippen molar-refractivity contribution in [3.8, 4) is 0 Å². The third kappa shape index (κ3) is 3.88. The number of carbonyl (C=O) groups excluding carboxylic acids is 1. The zero-order chi connectivity index (χ0) is 10.5. The first-order valence-electron chi connectivity index (χ1n) is 4.43. The molecule has 13 heavy (non-hydrogen) atoms. The second-order valence-electron chi connectivity index (χ2n) is 3.92. The first-order valence-corrected chi connectivity index (χ1v) is 4.43. The summed E-state index contributed by atoms with van der Waals surface area (Å²) >= 11 is 0. The quantitative estimate of drug-likeness (QED) is 0.478. The van der Waals surface area contributed by atoms with Crippen molar-refractivity contribution >= 4 is 5.78 Å². The average Bonchev–Trinajstić information content (AvgIpc) is 2.04. The highest BCUT2D eigenvalue weighted by Crippen LogP contribution is 2.20. The van der Waals surface area contributed by atoms with Gasteiger partial charge < -0.3 is 0 Å². The molecule has 0 saturated heterocycles. The number of Topliss-reactive ketones (excluding diaryl/α,β-unsaturated/α-hetero) is 1. The maximum Gasteiger partial charge on any atom is 0.167 e. The lowest BCUT2D eigenvalue weighted by molar-refractivity contribution is -0.122. The summed E-state index contributed by atoms with van der Waals surface area (Å²) in [6.07, 6.45) is 7.06. The van der Waals surface area contributed by atoms with E-state index in [2.05, 4.69) is 6.58 Å². The van der Waals surface area contributed by atoms with Gasteiger partial charge in [-0.25, -0.2) is 0 Å². The van der Waals surface area contributed by atoms with Crippen molar-refractivity contribution < 1.29 is 4.79 Å². The molecule has 0 aromatic carbocycles. The molecule has 0 heterocycles. The van der Waals surface area contributed by atoms with E-state index in [4.69, 9.17) is 0 Å². The maximum atomic E-state index is 11.7. The number of hydrogen-bond acceptors (Lipinski definition) is 1. The molecule has 0 aliphatic rings. The van der Waals surface area contributed by atoms with E-state index in [-0.39, 0.29) is 11.2 Å². The van der Waals surface area contributed by atoms with Crippen LogP contribution in [-0.4, -0.2) is 5.78 Å². The molecule has 0 aliphatic carbocycles. The molecule has 0 bridgehead atoms. The molecule has 0 rings (SSSR count). The largest absolute Gasteiger partial charge is 0.294 e. The van der Waals surface area contributed by atoms with Crippen LogP contribution in [0.3, 0.4) is 0 Å². The second-order valence-corrected chi connectivity index (χ2v) is 3.92. The Morgan fingerprint density at radius 3 is 2.15 bits per heavy atom. The van der Waals surface area contributed by atoms with Crippen LogP contribution in [0.4, 0.5) is 0 Å². The fraction of sp³-hybridized carbons (Fsp3) is 0.417. The van der Waals surface area contributed by atoms with Gasteiger partial charge in [-0.05, 0) is 6.92 Å². The first kappa shape index (κ1) is 11.9. The average molecular weight is 178 g/mol. The van der Waals surface area contributed by atoms with Crippen LogP contribution in [0, 0.1) is 5.41 Å². The van der Waals surface area contributed by atoms with Crippen LogP contribution in [-0.2, 0) is 4.79 Å². The SMILES string of the molecule is C=C/C=C\C(=C/C)C(=O)C(C)(C)C. The third-order valence-electron chi connectivity index (χ3n) is 1.67. The second kappa shape index (κ2) is 4.80. The highest BCUT2D eigenvalue weighted by molar-refractivity contribution is 6.01. The molecule has 0 spiro atoms. The Labute approximate surface area is 80.8 Å². The van der Waals surface area contributed by atoms with E-state index in [0.29, 0.717) is 0 Å². The van der Waals surface area contributed by atoms with Gasteiger partial charge in [0.25, 0.3) is 0 Å².